The van der Waals surface area contributed by atoms with E-state index < -0.39 is 0 Å². The van der Waals surface area contributed by atoms with Crippen molar-refractivity contribution in [3.63, 3.8) is 0 Å². The van der Waals surface area contributed by atoms with Gasteiger partial charge in [0.15, 0.2) is 0 Å². The summed E-state index contributed by atoms with van der Waals surface area (Å²) in [6, 6.07) is 14.1. The maximum atomic E-state index is 12.1. The van der Waals surface area contributed by atoms with Gasteiger partial charge >= 0.3 is 6.03 Å². The molecule has 1 atom stereocenters. The van der Waals surface area contributed by atoms with Crippen LogP contribution in [0.5, 0.6) is 0 Å². The molecule has 1 aliphatic heterocycles. The molecule has 2 amide bonds. The molecule has 8 nitrogen and oxygen atoms in total. The van der Waals surface area contributed by atoms with Crippen molar-refractivity contribution in [2.45, 2.75) is 36.9 Å². The molecule has 0 bridgehead atoms. The van der Waals surface area contributed by atoms with Crippen molar-refractivity contribution in [3.05, 3.63) is 48.7 Å². The second-order valence-electron chi connectivity index (χ2n) is 8.57. The van der Waals surface area contributed by atoms with Crippen LogP contribution in [0.15, 0.2) is 53.7 Å². The number of hydrogen-bond acceptors (Lipinski definition) is 7. The van der Waals surface area contributed by atoms with Crippen molar-refractivity contribution >= 4 is 29.4 Å². The number of nitrogens with zero attached hydrogens (tertiary/aromatic N) is 4. The van der Waals surface area contributed by atoms with Gasteiger partial charge in [-0.05, 0) is 56.4 Å². The summed E-state index contributed by atoms with van der Waals surface area (Å²) in [6.45, 7) is 4.17. The summed E-state index contributed by atoms with van der Waals surface area (Å²) in [4.78, 5) is 28.7. The molecule has 176 valence electrons. The number of pyridine rings is 1. The lowest BCUT2D eigenvalue weighted by molar-refractivity contribution is 0.0981. The van der Waals surface area contributed by atoms with Crippen LogP contribution in [-0.4, -0.2) is 59.1 Å². The zero-order chi connectivity index (χ0) is 23.5. The van der Waals surface area contributed by atoms with E-state index in [4.69, 9.17) is 14.7 Å². The number of thioether (sulfide) groups is 1. The van der Waals surface area contributed by atoms with E-state index in [1.807, 2.05) is 48.7 Å². The number of ether oxygens (including phenoxy) is 1. The van der Waals surface area contributed by atoms with Crippen LogP contribution in [0.4, 0.5) is 16.4 Å². The quantitative estimate of drug-likeness (QED) is 0.508. The summed E-state index contributed by atoms with van der Waals surface area (Å²) >= 11 is 1.60. The Labute approximate surface area is 203 Å². The first-order valence-electron chi connectivity index (χ1n) is 11.5. The first kappa shape index (κ1) is 22.6. The monoisotopic (exact) mass is 476 g/mol. The van der Waals surface area contributed by atoms with Gasteiger partial charge in [0.05, 0.1) is 30.6 Å². The number of anilines is 2. The Morgan fingerprint density at radius 2 is 1.94 bits per heavy atom. The number of amides is 2. The molecule has 9 heteroatoms. The van der Waals surface area contributed by atoms with Gasteiger partial charge in [0.25, 0.3) is 0 Å². The molecule has 0 radical (unpaired) electrons. The highest BCUT2D eigenvalue weighted by atomic mass is 32.2. The van der Waals surface area contributed by atoms with Crippen LogP contribution >= 0.6 is 11.8 Å². The van der Waals surface area contributed by atoms with Crippen LogP contribution in [0.25, 0.3) is 22.5 Å². The molecule has 1 saturated heterocycles. The second-order valence-corrected chi connectivity index (χ2v) is 9.36. The van der Waals surface area contributed by atoms with E-state index in [1.54, 1.807) is 18.0 Å². The van der Waals surface area contributed by atoms with E-state index in [2.05, 4.69) is 27.4 Å². The Morgan fingerprint density at radius 1 is 1.15 bits per heavy atom. The molecule has 2 aliphatic rings. The fraction of sp³-hybridized carbons (Fsp3) is 0.360. The molecule has 3 heterocycles. The smallest absolute Gasteiger partial charge is 0.319 e. The van der Waals surface area contributed by atoms with Gasteiger partial charge < -0.3 is 20.3 Å². The molecule has 2 N–H and O–H groups in total. The Kier molecular flexibility index (Phi) is 6.64. The predicted molar refractivity (Wildman–Crippen MR) is 135 cm³/mol. The molecule has 1 aliphatic carbocycles. The molecule has 0 spiro atoms. The number of nitrogens with one attached hydrogen (secondary N) is 2. The molecular formula is C25H28N6O2S. The number of aromatic nitrogens is 3. The normalized spacial score (nSPS) is 17.9. The van der Waals surface area contributed by atoms with Gasteiger partial charge in [-0.2, -0.15) is 0 Å². The van der Waals surface area contributed by atoms with Gasteiger partial charge in [-0.25, -0.2) is 19.7 Å². The van der Waals surface area contributed by atoms with Gasteiger partial charge in [-0.1, -0.05) is 12.1 Å². The van der Waals surface area contributed by atoms with Crippen molar-refractivity contribution in [1.82, 2.24) is 20.3 Å². The number of carbonyl (C=O) groups excluding carboxylic acids is 1. The minimum atomic E-state index is -0.163. The standard InChI is InChI=1S/C25H28N6O2S/c1-16-15-33-13-12-31(16)24-29-21(14-22(30-24)20-4-3-11-26-23(20)34-2)17-5-7-18(8-6-17)27-25(32)28-19-9-10-19/h3-8,11,14,16,19H,9-10,12-13,15H2,1-2H3,(H2,27,28,32). The van der Waals surface area contributed by atoms with E-state index in [0.717, 1.165) is 52.6 Å². The summed E-state index contributed by atoms with van der Waals surface area (Å²) in [5.74, 6) is 0.685. The zero-order valence-electron chi connectivity index (χ0n) is 19.3. The average Bonchev–Trinajstić information content (AvgIpc) is 3.68. The van der Waals surface area contributed by atoms with Gasteiger partial charge in [0.2, 0.25) is 5.95 Å². The lowest BCUT2D eigenvalue weighted by Crippen LogP contribution is -2.44. The highest BCUT2D eigenvalue weighted by molar-refractivity contribution is 7.98. The fourth-order valence-corrected chi connectivity index (χ4v) is 4.48. The summed E-state index contributed by atoms with van der Waals surface area (Å²) in [6.07, 6.45) is 5.93. The summed E-state index contributed by atoms with van der Waals surface area (Å²) in [7, 11) is 0. The van der Waals surface area contributed by atoms with E-state index in [1.165, 1.54) is 0 Å². The Bertz CT molecular complexity index is 1170. The zero-order valence-corrected chi connectivity index (χ0v) is 20.1. The third-order valence-corrected chi connectivity index (χ3v) is 6.64. The number of rotatable bonds is 6. The van der Waals surface area contributed by atoms with Gasteiger partial charge in [-0.3, -0.25) is 0 Å². The largest absolute Gasteiger partial charge is 0.377 e. The maximum absolute atomic E-state index is 12.1. The average molecular weight is 477 g/mol. The first-order valence-corrected chi connectivity index (χ1v) is 12.7. The molecule has 1 aromatic carbocycles. The topological polar surface area (TPSA) is 92.3 Å². The Morgan fingerprint density at radius 3 is 2.68 bits per heavy atom. The molecule has 5 rings (SSSR count). The number of morpholine rings is 1. The molecule has 1 unspecified atom stereocenters. The Balaban J connectivity index is 1.49. The van der Waals surface area contributed by atoms with Crippen LogP contribution in [0.3, 0.4) is 0 Å². The van der Waals surface area contributed by atoms with E-state index in [9.17, 15) is 4.79 Å². The van der Waals surface area contributed by atoms with E-state index >= 15 is 0 Å². The molecule has 2 aromatic heterocycles. The van der Waals surface area contributed by atoms with Crippen LogP contribution in [0.2, 0.25) is 0 Å². The van der Waals surface area contributed by atoms with Crippen LogP contribution in [0.1, 0.15) is 19.8 Å². The van der Waals surface area contributed by atoms with E-state index in [-0.39, 0.29) is 12.1 Å². The van der Waals surface area contributed by atoms with Crippen molar-refractivity contribution < 1.29 is 9.53 Å². The van der Waals surface area contributed by atoms with Crippen molar-refractivity contribution in [3.8, 4) is 22.5 Å². The second kappa shape index (κ2) is 9.99. The SMILES string of the molecule is CSc1ncccc1-c1cc(-c2ccc(NC(=O)NC3CC3)cc2)nc(N2CCOCC2C)n1. The van der Waals surface area contributed by atoms with Crippen molar-refractivity contribution in [2.75, 3.05) is 36.2 Å². The molecule has 1 saturated carbocycles. The Hall–Kier alpha value is -3.17. The van der Waals surface area contributed by atoms with Gasteiger partial charge in [0, 0.05) is 35.6 Å². The molecule has 3 aromatic rings. The van der Waals surface area contributed by atoms with Crippen LogP contribution in [-0.2, 0) is 4.74 Å². The summed E-state index contributed by atoms with van der Waals surface area (Å²) < 4.78 is 5.62. The maximum Gasteiger partial charge on any atom is 0.319 e. The van der Waals surface area contributed by atoms with Crippen LogP contribution < -0.4 is 15.5 Å². The minimum absolute atomic E-state index is 0.163. The highest BCUT2D eigenvalue weighted by Gasteiger charge is 2.24. The minimum Gasteiger partial charge on any atom is -0.377 e. The van der Waals surface area contributed by atoms with Gasteiger partial charge in [-0.15, -0.1) is 11.8 Å². The van der Waals surface area contributed by atoms with Crippen LogP contribution in [0, 0.1) is 0 Å². The van der Waals surface area contributed by atoms with Gasteiger partial charge in [0.1, 0.15) is 5.03 Å². The lowest BCUT2D eigenvalue weighted by Gasteiger charge is -2.33. The number of carbonyl (C=O) groups is 1. The fourth-order valence-electron chi connectivity index (χ4n) is 3.93. The number of hydrogen-bond donors (Lipinski definition) is 2. The third-order valence-electron chi connectivity index (χ3n) is 5.93. The van der Waals surface area contributed by atoms with Crippen molar-refractivity contribution in [1.29, 1.82) is 0 Å². The summed E-state index contributed by atoms with van der Waals surface area (Å²) in [5, 5.41) is 6.76. The molecular weight excluding hydrogens is 448 g/mol. The number of urea groups is 1. The molecule has 34 heavy (non-hydrogen) atoms. The molecule has 2 fully saturated rings. The predicted octanol–water partition coefficient (Wildman–Crippen LogP) is 4.44. The van der Waals surface area contributed by atoms with Crippen molar-refractivity contribution in [2.24, 2.45) is 0 Å². The third kappa shape index (κ3) is 5.15. The van der Waals surface area contributed by atoms with E-state index in [0.29, 0.717) is 25.2 Å². The highest BCUT2D eigenvalue weighted by Crippen LogP contribution is 2.32. The number of benzene rings is 1. The lowest BCUT2D eigenvalue weighted by atomic mass is 10.1. The first-order chi connectivity index (χ1) is 16.6. The summed E-state index contributed by atoms with van der Waals surface area (Å²) in [5.41, 5.74) is 4.34.